The monoisotopic (exact) mass is 519 g/mol. The van der Waals surface area contributed by atoms with Gasteiger partial charge in [-0.2, -0.15) is 4.40 Å². The number of carbonyl (C=O) groups is 3. The van der Waals surface area contributed by atoms with E-state index in [1.807, 2.05) is 33.7 Å². The fourth-order valence-corrected chi connectivity index (χ4v) is 6.69. The van der Waals surface area contributed by atoms with Crippen LogP contribution in [-0.4, -0.2) is 60.2 Å². The lowest BCUT2D eigenvalue weighted by molar-refractivity contribution is -0.693. The predicted octanol–water partition coefficient (Wildman–Crippen LogP) is -1.08. The Labute approximate surface area is 204 Å². The zero-order valence-electron chi connectivity index (χ0n) is 17.5. The van der Waals surface area contributed by atoms with Crippen molar-refractivity contribution in [2.75, 3.05) is 11.5 Å². The van der Waals surface area contributed by atoms with Gasteiger partial charge >= 0.3 is 0 Å². The Bertz CT molecular complexity index is 1400. The number of aryl methyl sites for hydroxylation is 1. The molecule has 2 aliphatic rings. The van der Waals surface area contributed by atoms with E-state index < -0.39 is 34.9 Å². The summed E-state index contributed by atoms with van der Waals surface area (Å²) in [7, 11) is 0. The number of carboxylic acid groups (broad SMARTS) is 1. The maximum atomic E-state index is 12.9. The van der Waals surface area contributed by atoms with Crippen molar-refractivity contribution in [1.82, 2.24) is 19.6 Å². The number of hydrogen-bond acceptors (Lipinski definition) is 11. The first-order valence-electron chi connectivity index (χ1n) is 9.87. The summed E-state index contributed by atoms with van der Waals surface area (Å²) in [6, 6.07) is -0.990. The van der Waals surface area contributed by atoms with E-state index in [2.05, 4.69) is 15.5 Å². The molecule has 176 valence electrons. The third-order valence-corrected chi connectivity index (χ3v) is 8.45. The number of nitrogen functional groups attached to an aromatic ring is 1. The molecule has 0 radical (unpaired) electrons. The number of aromatic nitrogens is 3. The van der Waals surface area contributed by atoms with Crippen LogP contribution in [0, 0.1) is 6.92 Å². The molecule has 3 aromatic heterocycles. The molecule has 5 heterocycles. The van der Waals surface area contributed by atoms with Crippen LogP contribution in [0.5, 0.6) is 0 Å². The SMILES string of the molecule is Cc1n2ccsc2c[n+]1CC1=C(C(=O)[O-])N2C(=O)[C@@H](NC(=O)/C(=N\O)c3csc(N)n3)[C@H]2SC1. The number of hydrogen-bond donors (Lipinski definition) is 3. The van der Waals surface area contributed by atoms with Crippen molar-refractivity contribution in [2.24, 2.45) is 5.16 Å². The van der Waals surface area contributed by atoms with E-state index in [9.17, 15) is 24.7 Å². The highest BCUT2D eigenvalue weighted by molar-refractivity contribution is 8.00. The Morgan fingerprint density at radius 2 is 2.24 bits per heavy atom. The molecule has 2 aliphatic heterocycles. The van der Waals surface area contributed by atoms with Gasteiger partial charge in [0.25, 0.3) is 17.6 Å². The number of amides is 2. The Kier molecular flexibility index (Phi) is 5.53. The predicted molar refractivity (Wildman–Crippen MR) is 122 cm³/mol. The number of β-lactam (4-membered cyclic amide) rings is 1. The Balaban J connectivity index is 1.37. The minimum atomic E-state index is -1.45. The van der Waals surface area contributed by atoms with E-state index in [0.717, 1.165) is 26.9 Å². The maximum absolute atomic E-state index is 12.9. The van der Waals surface area contributed by atoms with Crippen LogP contribution in [0.3, 0.4) is 0 Å². The molecule has 0 spiro atoms. The van der Waals surface area contributed by atoms with Gasteiger partial charge in [0.05, 0.1) is 11.7 Å². The number of imidazole rings is 1. The molecule has 3 aromatic rings. The van der Waals surface area contributed by atoms with Crippen molar-refractivity contribution < 1.29 is 29.3 Å². The van der Waals surface area contributed by atoms with E-state index in [4.69, 9.17) is 5.73 Å². The van der Waals surface area contributed by atoms with Gasteiger partial charge in [-0.3, -0.25) is 14.5 Å². The van der Waals surface area contributed by atoms with Gasteiger partial charge in [0, 0.05) is 29.0 Å². The lowest BCUT2D eigenvalue weighted by Gasteiger charge is -2.50. The number of carbonyl (C=O) groups excluding carboxylic acids is 3. The third-order valence-electron chi connectivity index (χ3n) is 5.63. The molecule has 0 bridgehead atoms. The van der Waals surface area contributed by atoms with Crippen molar-refractivity contribution in [3.8, 4) is 0 Å². The van der Waals surface area contributed by atoms with Crippen LogP contribution in [0.25, 0.3) is 4.83 Å². The van der Waals surface area contributed by atoms with Gasteiger partial charge in [-0.05, 0) is 0 Å². The highest BCUT2D eigenvalue weighted by atomic mass is 32.2. The number of rotatable bonds is 6. The zero-order chi connectivity index (χ0) is 24.1. The standard InChI is InChI=1S/C19H17N7O5S3/c1-8-24(5-11-25(8)2-3-32-11)4-9-6-33-17-13(16(28)26(17)14(9)18(29)30)22-15(27)12(23-31)10-7-34-19(20)21-10/h2-3,5,7,13,17H,4,6H2,1H3,(H4-,20,21,22,27,29,30,31)/t13-,17-/m1/s1. The fraction of sp³-hybridized carbons (Fsp3) is 0.263. The van der Waals surface area contributed by atoms with Crippen LogP contribution in [0.15, 0.2) is 39.6 Å². The number of thiazole rings is 2. The summed E-state index contributed by atoms with van der Waals surface area (Å²) in [6.45, 7) is 2.21. The molecule has 15 heteroatoms. The van der Waals surface area contributed by atoms with Crippen LogP contribution in [0.1, 0.15) is 11.5 Å². The molecule has 12 nitrogen and oxygen atoms in total. The van der Waals surface area contributed by atoms with Crippen LogP contribution in [-0.2, 0) is 20.9 Å². The largest absolute Gasteiger partial charge is 0.543 e. The van der Waals surface area contributed by atoms with E-state index in [0.29, 0.717) is 11.3 Å². The van der Waals surface area contributed by atoms with Gasteiger partial charge < -0.3 is 26.2 Å². The minimum absolute atomic E-state index is 0.0694. The molecule has 4 N–H and O–H groups in total. The van der Waals surface area contributed by atoms with Gasteiger partial charge in [-0.15, -0.1) is 23.1 Å². The third kappa shape index (κ3) is 3.52. The number of aliphatic carboxylic acids is 1. The van der Waals surface area contributed by atoms with Gasteiger partial charge in [0.1, 0.15) is 36.0 Å². The average molecular weight is 520 g/mol. The van der Waals surface area contributed by atoms with Crippen molar-refractivity contribution in [3.63, 3.8) is 0 Å². The highest BCUT2D eigenvalue weighted by Crippen LogP contribution is 2.40. The number of fused-ring (bicyclic) bond motifs is 2. The first-order chi connectivity index (χ1) is 16.3. The Hall–Kier alpha value is -3.43. The zero-order valence-corrected chi connectivity index (χ0v) is 19.9. The Morgan fingerprint density at radius 1 is 1.44 bits per heavy atom. The molecule has 5 rings (SSSR count). The molecular weight excluding hydrogens is 502 g/mol. The molecule has 1 saturated heterocycles. The number of carboxylic acids is 1. The second-order valence-corrected chi connectivity index (χ2v) is 10.5. The summed E-state index contributed by atoms with van der Waals surface area (Å²) in [5.74, 6) is -1.60. The molecule has 1 fully saturated rings. The van der Waals surface area contributed by atoms with Crippen molar-refractivity contribution in [3.05, 3.63) is 45.9 Å². The van der Waals surface area contributed by atoms with E-state index in [1.54, 1.807) is 11.3 Å². The number of thioether (sulfide) groups is 1. The molecule has 0 unspecified atom stereocenters. The number of nitrogens with two attached hydrogens (primary N) is 1. The Morgan fingerprint density at radius 3 is 2.88 bits per heavy atom. The topological polar surface area (TPSA) is 169 Å². The number of anilines is 1. The number of oxime groups is 1. The number of nitrogens with zero attached hydrogens (tertiary/aromatic N) is 5. The van der Waals surface area contributed by atoms with E-state index in [-0.39, 0.29) is 23.1 Å². The summed E-state index contributed by atoms with van der Waals surface area (Å²) in [5.41, 5.74) is 5.61. The average Bonchev–Trinajstić information content (AvgIpc) is 3.51. The highest BCUT2D eigenvalue weighted by Gasteiger charge is 2.53. The molecule has 0 saturated carbocycles. The van der Waals surface area contributed by atoms with Crippen LogP contribution < -0.4 is 20.7 Å². The summed E-state index contributed by atoms with van der Waals surface area (Å²) < 4.78 is 3.93. The van der Waals surface area contributed by atoms with Gasteiger partial charge in [0.15, 0.2) is 10.8 Å². The molecule has 2 amide bonds. The second kappa shape index (κ2) is 8.41. The smallest absolute Gasteiger partial charge is 0.276 e. The van der Waals surface area contributed by atoms with Crippen LogP contribution in [0.4, 0.5) is 5.13 Å². The first kappa shape index (κ1) is 22.4. The van der Waals surface area contributed by atoms with Gasteiger partial charge in [0.2, 0.25) is 4.83 Å². The van der Waals surface area contributed by atoms with Gasteiger partial charge in [-0.1, -0.05) is 16.5 Å². The molecule has 0 aromatic carbocycles. The summed E-state index contributed by atoms with van der Waals surface area (Å²) in [4.78, 5) is 43.6. The van der Waals surface area contributed by atoms with Crippen molar-refractivity contribution in [1.29, 1.82) is 0 Å². The van der Waals surface area contributed by atoms with Crippen molar-refractivity contribution >= 4 is 67.9 Å². The van der Waals surface area contributed by atoms with E-state index >= 15 is 0 Å². The maximum Gasteiger partial charge on any atom is 0.276 e. The lowest BCUT2D eigenvalue weighted by atomic mass is 10.0. The fourth-order valence-electron chi connectivity index (χ4n) is 3.99. The number of nitrogens with one attached hydrogen (secondary N) is 1. The van der Waals surface area contributed by atoms with E-state index in [1.165, 1.54) is 17.1 Å². The molecule has 2 atom stereocenters. The van der Waals surface area contributed by atoms with Crippen LogP contribution >= 0.6 is 34.4 Å². The first-order valence-corrected chi connectivity index (χ1v) is 12.7. The quantitative estimate of drug-likeness (QED) is 0.121. The van der Waals surface area contributed by atoms with Crippen molar-refractivity contribution in [2.45, 2.75) is 24.9 Å². The summed E-state index contributed by atoms with van der Waals surface area (Å²) in [5, 5.41) is 29.7. The van der Waals surface area contributed by atoms with Gasteiger partial charge in [-0.25, -0.2) is 9.55 Å². The van der Waals surface area contributed by atoms with Crippen LogP contribution in [0.2, 0.25) is 0 Å². The molecule has 0 aliphatic carbocycles. The summed E-state index contributed by atoms with van der Waals surface area (Å²) >= 11 is 3.96. The molecule has 34 heavy (non-hydrogen) atoms. The summed E-state index contributed by atoms with van der Waals surface area (Å²) in [6.07, 6.45) is 3.86. The second-order valence-electron chi connectivity index (χ2n) is 7.54. The normalized spacial score (nSPS) is 20.4. The minimum Gasteiger partial charge on any atom is -0.543 e. The molecular formula is C19H17N7O5S3. The lowest BCUT2D eigenvalue weighted by Crippen LogP contribution is -2.71.